The summed E-state index contributed by atoms with van der Waals surface area (Å²) in [5.41, 5.74) is -0.279. The second kappa shape index (κ2) is 8.84. The molecule has 0 aliphatic carbocycles. The minimum absolute atomic E-state index is 0.167. The van der Waals surface area contributed by atoms with Crippen molar-refractivity contribution >= 4 is 0 Å². The highest BCUT2D eigenvalue weighted by Crippen LogP contribution is 2.31. The van der Waals surface area contributed by atoms with E-state index in [9.17, 15) is 30.7 Å². The zero-order valence-electron chi connectivity index (χ0n) is 16.2. The molecule has 0 aliphatic heterocycles. The Labute approximate surface area is 174 Å². The van der Waals surface area contributed by atoms with E-state index < -0.39 is 35.0 Å². The van der Waals surface area contributed by atoms with E-state index >= 15 is 0 Å². The summed E-state index contributed by atoms with van der Waals surface area (Å²) >= 11 is 0. The minimum Gasteiger partial charge on any atom is -0.206 e. The van der Waals surface area contributed by atoms with Crippen molar-refractivity contribution in [3.8, 4) is 34.1 Å². The number of hydrogen-bond acceptors (Lipinski definition) is 0. The highest BCUT2D eigenvalue weighted by Gasteiger charge is 2.24. The maximum absolute atomic E-state index is 14.7. The molecule has 0 N–H and O–H groups in total. The standard InChI is InChI=1S/C24H15F7/c1-2-3-14-4-6-17(20(25)10-14)15-5-7-18(21(26)11-15)16-12-22(27)19(23(28)13-16)8-9-24(29,30)31/h4-7,10-13H,2-3H2,1H3. The maximum atomic E-state index is 14.7. The topological polar surface area (TPSA) is 0 Å². The molecule has 3 aromatic carbocycles. The Morgan fingerprint density at radius 2 is 1.26 bits per heavy atom. The first-order chi connectivity index (χ1) is 14.6. The van der Waals surface area contributed by atoms with Crippen molar-refractivity contribution in [1.82, 2.24) is 0 Å². The summed E-state index contributed by atoms with van der Waals surface area (Å²) in [6, 6.07) is 9.67. The SMILES string of the molecule is CCCc1ccc(-c2ccc(-c3cc(F)c(C#CC(F)(F)F)c(F)c3)c(F)c2)c(F)c1. The Bertz CT molecular complexity index is 1160. The van der Waals surface area contributed by atoms with E-state index in [1.807, 2.05) is 6.92 Å². The van der Waals surface area contributed by atoms with Crippen molar-refractivity contribution in [1.29, 1.82) is 0 Å². The van der Waals surface area contributed by atoms with Crippen LogP contribution < -0.4 is 0 Å². The average molecular weight is 436 g/mol. The lowest BCUT2D eigenvalue weighted by atomic mass is 9.97. The van der Waals surface area contributed by atoms with Crippen LogP contribution in [-0.4, -0.2) is 6.18 Å². The van der Waals surface area contributed by atoms with Gasteiger partial charge in [0.25, 0.3) is 0 Å². The Kier molecular flexibility index (Phi) is 6.40. The van der Waals surface area contributed by atoms with Gasteiger partial charge in [0.1, 0.15) is 23.3 Å². The monoisotopic (exact) mass is 436 g/mol. The van der Waals surface area contributed by atoms with Crippen LogP contribution in [0.1, 0.15) is 24.5 Å². The van der Waals surface area contributed by atoms with Gasteiger partial charge in [0.15, 0.2) is 0 Å². The number of benzene rings is 3. The second-order valence-electron chi connectivity index (χ2n) is 6.82. The van der Waals surface area contributed by atoms with Crippen molar-refractivity contribution in [2.45, 2.75) is 25.9 Å². The lowest BCUT2D eigenvalue weighted by Crippen LogP contribution is -2.02. The molecule has 3 rings (SSSR count). The van der Waals surface area contributed by atoms with Crippen molar-refractivity contribution < 1.29 is 30.7 Å². The van der Waals surface area contributed by atoms with Crippen LogP contribution in [0.15, 0.2) is 48.5 Å². The molecule has 0 nitrogen and oxygen atoms in total. The predicted octanol–water partition coefficient (Wildman–Crippen LogP) is 7.44. The van der Waals surface area contributed by atoms with Gasteiger partial charge in [0.2, 0.25) is 0 Å². The molecule has 0 saturated heterocycles. The van der Waals surface area contributed by atoms with Gasteiger partial charge < -0.3 is 0 Å². The van der Waals surface area contributed by atoms with Gasteiger partial charge in [-0.3, -0.25) is 0 Å². The van der Waals surface area contributed by atoms with E-state index in [1.165, 1.54) is 30.2 Å². The van der Waals surface area contributed by atoms with Crippen LogP contribution in [0.2, 0.25) is 0 Å². The van der Waals surface area contributed by atoms with Crippen LogP contribution in [0.25, 0.3) is 22.3 Å². The smallest absolute Gasteiger partial charge is 0.206 e. The van der Waals surface area contributed by atoms with Gasteiger partial charge in [-0.1, -0.05) is 43.5 Å². The Balaban J connectivity index is 1.98. The first-order valence-corrected chi connectivity index (χ1v) is 9.26. The largest absolute Gasteiger partial charge is 0.458 e. The highest BCUT2D eigenvalue weighted by molar-refractivity contribution is 5.72. The second-order valence-corrected chi connectivity index (χ2v) is 6.82. The number of aryl methyl sites for hydroxylation is 1. The van der Waals surface area contributed by atoms with Crippen molar-refractivity contribution in [3.05, 3.63) is 82.9 Å². The Hall–Kier alpha value is -3.27. The normalized spacial score (nSPS) is 11.2. The zero-order valence-corrected chi connectivity index (χ0v) is 16.2. The van der Waals surface area contributed by atoms with Gasteiger partial charge in [0, 0.05) is 17.0 Å². The molecule has 0 heterocycles. The molecule has 0 aliphatic rings. The average Bonchev–Trinajstić information content (AvgIpc) is 2.66. The molecule has 0 spiro atoms. The molecule has 0 unspecified atom stereocenters. The quantitative estimate of drug-likeness (QED) is 0.295. The van der Waals surface area contributed by atoms with Gasteiger partial charge >= 0.3 is 6.18 Å². The van der Waals surface area contributed by atoms with Crippen LogP contribution >= 0.6 is 0 Å². The molecule has 0 amide bonds. The van der Waals surface area contributed by atoms with Crippen LogP contribution in [0.5, 0.6) is 0 Å². The summed E-state index contributed by atoms with van der Waals surface area (Å²) in [5, 5.41) is 0. The third kappa shape index (κ3) is 5.26. The van der Waals surface area contributed by atoms with E-state index in [0.29, 0.717) is 18.6 Å². The molecular formula is C24H15F7. The third-order valence-corrected chi connectivity index (χ3v) is 4.53. The lowest BCUT2D eigenvalue weighted by Gasteiger charge is -2.10. The van der Waals surface area contributed by atoms with E-state index in [2.05, 4.69) is 0 Å². The number of hydrogen-bond donors (Lipinski definition) is 0. The van der Waals surface area contributed by atoms with Crippen LogP contribution in [0, 0.1) is 35.1 Å². The highest BCUT2D eigenvalue weighted by atomic mass is 19.4. The molecule has 31 heavy (non-hydrogen) atoms. The molecule has 3 aromatic rings. The lowest BCUT2D eigenvalue weighted by molar-refractivity contribution is -0.0696. The molecule has 0 aromatic heterocycles. The summed E-state index contributed by atoms with van der Waals surface area (Å²) in [4.78, 5) is 0. The van der Waals surface area contributed by atoms with Crippen molar-refractivity contribution in [2.75, 3.05) is 0 Å². The summed E-state index contributed by atoms with van der Waals surface area (Å²) in [5.74, 6) is -1.91. The summed E-state index contributed by atoms with van der Waals surface area (Å²) in [6.45, 7) is 1.96. The molecule has 0 fully saturated rings. The van der Waals surface area contributed by atoms with Gasteiger partial charge in [-0.15, -0.1) is 0 Å². The number of rotatable bonds is 4. The fourth-order valence-corrected chi connectivity index (χ4v) is 3.14. The first kappa shape index (κ1) is 22.4. The molecular weight excluding hydrogens is 421 g/mol. The molecule has 0 bridgehead atoms. The molecule has 0 atom stereocenters. The Morgan fingerprint density at radius 3 is 1.81 bits per heavy atom. The summed E-state index contributed by atoms with van der Waals surface area (Å²) in [7, 11) is 0. The Morgan fingerprint density at radius 1 is 0.710 bits per heavy atom. The minimum atomic E-state index is -4.91. The fraction of sp³-hybridized carbons (Fsp3) is 0.167. The summed E-state index contributed by atoms with van der Waals surface area (Å²) < 4.78 is 93.8. The van der Waals surface area contributed by atoms with Gasteiger partial charge in [-0.05, 0) is 47.4 Å². The third-order valence-electron chi connectivity index (χ3n) is 4.53. The van der Waals surface area contributed by atoms with Crippen LogP contribution in [0.3, 0.4) is 0 Å². The zero-order chi connectivity index (χ0) is 22.8. The predicted molar refractivity (Wildman–Crippen MR) is 104 cm³/mol. The van der Waals surface area contributed by atoms with Crippen molar-refractivity contribution in [2.24, 2.45) is 0 Å². The van der Waals surface area contributed by atoms with E-state index in [4.69, 9.17) is 0 Å². The molecule has 7 heteroatoms. The van der Waals surface area contributed by atoms with Crippen molar-refractivity contribution in [3.63, 3.8) is 0 Å². The van der Waals surface area contributed by atoms with E-state index in [1.54, 1.807) is 6.07 Å². The summed E-state index contributed by atoms with van der Waals surface area (Å²) in [6.07, 6.45) is -3.37. The maximum Gasteiger partial charge on any atom is 0.458 e. The fourth-order valence-electron chi connectivity index (χ4n) is 3.14. The van der Waals surface area contributed by atoms with Crippen LogP contribution in [-0.2, 0) is 6.42 Å². The van der Waals surface area contributed by atoms with Crippen LogP contribution in [0.4, 0.5) is 30.7 Å². The number of halogens is 7. The van der Waals surface area contributed by atoms with Gasteiger partial charge in [-0.2, -0.15) is 13.2 Å². The first-order valence-electron chi connectivity index (χ1n) is 9.26. The molecule has 160 valence electrons. The molecule has 0 radical (unpaired) electrons. The van der Waals surface area contributed by atoms with E-state index in [0.717, 1.165) is 24.0 Å². The van der Waals surface area contributed by atoms with Gasteiger partial charge in [0.05, 0.1) is 5.56 Å². The van der Waals surface area contributed by atoms with E-state index in [-0.39, 0.29) is 22.3 Å². The van der Waals surface area contributed by atoms with Gasteiger partial charge in [-0.25, -0.2) is 17.6 Å². The molecule has 0 saturated carbocycles. The number of alkyl halides is 3.